The molecule has 0 radical (unpaired) electrons. The van der Waals surface area contributed by atoms with E-state index in [4.69, 9.17) is 12.2 Å². The fourth-order valence-corrected chi connectivity index (χ4v) is 2.56. The molecule has 0 unspecified atom stereocenters. The Kier molecular flexibility index (Phi) is 5.66. The first kappa shape index (κ1) is 17.3. The summed E-state index contributed by atoms with van der Waals surface area (Å²) in [6, 6.07) is 9.95. The summed E-state index contributed by atoms with van der Waals surface area (Å²) in [5.41, 5.74) is 4.02. The standard InChI is InChI=1S/C18H20F2N2S/c1-4-17(13-6-5-11(2)12(3)9-13)22-18(23)21-14-7-8-15(19)16(20)10-14/h5-10,17H,4H2,1-3H3,(H2,21,22,23)/t17-/m1/s1. The average molecular weight is 334 g/mol. The van der Waals surface area contributed by atoms with E-state index in [-0.39, 0.29) is 6.04 Å². The molecule has 0 aliphatic rings. The first-order chi connectivity index (χ1) is 10.9. The van der Waals surface area contributed by atoms with E-state index >= 15 is 0 Å². The van der Waals surface area contributed by atoms with Crippen molar-refractivity contribution in [1.82, 2.24) is 5.32 Å². The summed E-state index contributed by atoms with van der Waals surface area (Å²) < 4.78 is 26.2. The molecule has 1 atom stereocenters. The van der Waals surface area contributed by atoms with Gasteiger partial charge in [0.25, 0.3) is 0 Å². The molecule has 0 aromatic heterocycles. The number of hydrogen-bond donors (Lipinski definition) is 2. The van der Waals surface area contributed by atoms with Crippen LogP contribution in [0.1, 0.15) is 36.1 Å². The van der Waals surface area contributed by atoms with Gasteiger partial charge in [0.05, 0.1) is 6.04 Å². The lowest BCUT2D eigenvalue weighted by Crippen LogP contribution is -2.32. The number of aryl methyl sites for hydroxylation is 2. The van der Waals surface area contributed by atoms with Crippen LogP contribution < -0.4 is 10.6 Å². The van der Waals surface area contributed by atoms with Crippen LogP contribution in [0.25, 0.3) is 0 Å². The van der Waals surface area contributed by atoms with Crippen molar-refractivity contribution in [3.63, 3.8) is 0 Å². The predicted octanol–water partition coefficient (Wildman–Crippen LogP) is 5.02. The Labute approximate surface area is 140 Å². The second-order valence-electron chi connectivity index (χ2n) is 5.53. The zero-order chi connectivity index (χ0) is 17.0. The van der Waals surface area contributed by atoms with Gasteiger partial charge in [-0.1, -0.05) is 25.1 Å². The van der Waals surface area contributed by atoms with Crippen LogP contribution in [0.3, 0.4) is 0 Å². The van der Waals surface area contributed by atoms with E-state index < -0.39 is 11.6 Å². The largest absolute Gasteiger partial charge is 0.356 e. The molecule has 0 bridgehead atoms. The molecule has 0 saturated carbocycles. The molecule has 2 aromatic rings. The van der Waals surface area contributed by atoms with E-state index in [9.17, 15) is 8.78 Å². The van der Waals surface area contributed by atoms with Crippen LogP contribution in [0, 0.1) is 25.5 Å². The minimum Gasteiger partial charge on any atom is -0.356 e. The van der Waals surface area contributed by atoms with Crippen molar-refractivity contribution in [2.45, 2.75) is 33.2 Å². The molecule has 0 spiro atoms. The van der Waals surface area contributed by atoms with Crippen molar-refractivity contribution in [1.29, 1.82) is 0 Å². The van der Waals surface area contributed by atoms with Gasteiger partial charge in [0.1, 0.15) is 0 Å². The molecular weight excluding hydrogens is 314 g/mol. The maximum atomic E-state index is 13.2. The lowest BCUT2D eigenvalue weighted by molar-refractivity contribution is 0.509. The number of rotatable bonds is 4. The predicted molar refractivity (Wildman–Crippen MR) is 94.7 cm³/mol. The highest BCUT2D eigenvalue weighted by Gasteiger charge is 2.12. The van der Waals surface area contributed by atoms with Gasteiger partial charge < -0.3 is 10.6 Å². The Morgan fingerprint density at radius 1 is 1.04 bits per heavy atom. The Hall–Kier alpha value is -2.01. The third-order valence-corrected chi connectivity index (χ3v) is 4.04. The first-order valence-electron chi connectivity index (χ1n) is 7.50. The molecule has 0 aliphatic carbocycles. The molecule has 122 valence electrons. The van der Waals surface area contributed by atoms with Gasteiger partial charge >= 0.3 is 0 Å². The first-order valence-corrected chi connectivity index (χ1v) is 7.91. The van der Waals surface area contributed by atoms with Crippen LogP contribution in [0.4, 0.5) is 14.5 Å². The second-order valence-corrected chi connectivity index (χ2v) is 5.94. The molecule has 0 heterocycles. The van der Waals surface area contributed by atoms with Crippen LogP contribution in [0.15, 0.2) is 36.4 Å². The fourth-order valence-electron chi connectivity index (χ4n) is 2.30. The number of halogens is 2. The molecule has 2 N–H and O–H groups in total. The van der Waals surface area contributed by atoms with Gasteiger partial charge in [0, 0.05) is 11.8 Å². The topological polar surface area (TPSA) is 24.1 Å². The zero-order valence-electron chi connectivity index (χ0n) is 13.4. The van der Waals surface area contributed by atoms with E-state index in [1.165, 1.54) is 17.2 Å². The van der Waals surface area contributed by atoms with E-state index in [2.05, 4.69) is 49.6 Å². The van der Waals surface area contributed by atoms with E-state index in [1.807, 2.05) is 0 Å². The summed E-state index contributed by atoms with van der Waals surface area (Å²) in [6.07, 6.45) is 0.849. The smallest absolute Gasteiger partial charge is 0.171 e. The van der Waals surface area contributed by atoms with Crippen LogP contribution in [-0.2, 0) is 0 Å². The van der Waals surface area contributed by atoms with E-state index in [0.29, 0.717) is 10.8 Å². The van der Waals surface area contributed by atoms with Gasteiger partial charge in [0.2, 0.25) is 0 Å². The maximum absolute atomic E-state index is 13.2. The molecular formula is C18H20F2N2S. The molecule has 0 saturated heterocycles. The van der Waals surface area contributed by atoms with Crippen LogP contribution >= 0.6 is 12.2 Å². The van der Waals surface area contributed by atoms with Crippen molar-refractivity contribution >= 4 is 23.0 Å². The van der Waals surface area contributed by atoms with Crippen molar-refractivity contribution in [2.24, 2.45) is 0 Å². The Morgan fingerprint density at radius 3 is 2.39 bits per heavy atom. The highest BCUT2D eigenvalue weighted by atomic mass is 32.1. The maximum Gasteiger partial charge on any atom is 0.171 e. The van der Waals surface area contributed by atoms with Gasteiger partial charge in [0.15, 0.2) is 16.7 Å². The second kappa shape index (κ2) is 7.51. The van der Waals surface area contributed by atoms with E-state index in [0.717, 1.165) is 24.1 Å². The summed E-state index contributed by atoms with van der Waals surface area (Å²) in [5, 5.41) is 6.48. The van der Waals surface area contributed by atoms with Crippen LogP contribution in [0.5, 0.6) is 0 Å². The lowest BCUT2D eigenvalue weighted by Gasteiger charge is -2.21. The average Bonchev–Trinajstić information content (AvgIpc) is 2.51. The quantitative estimate of drug-likeness (QED) is 0.768. The Morgan fingerprint density at radius 2 is 1.78 bits per heavy atom. The lowest BCUT2D eigenvalue weighted by atomic mass is 9.99. The third-order valence-electron chi connectivity index (χ3n) is 3.82. The van der Waals surface area contributed by atoms with Crippen molar-refractivity contribution < 1.29 is 8.78 Å². The van der Waals surface area contributed by atoms with Gasteiger partial charge in [-0.15, -0.1) is 0 Å². The molecule has 0 amide bonds. The molecule has 2 aromatic carbocycles. The molecule has 23 heavy (non-hydrogen) atoms. The van der Waals surface area contributed by atoms with Gasteiger partial charge in [-0.3, -0.25) is 0 Å². The van der Waals surface area contributed by atoms with Gasteiger partial charge in [-0.25, -0.2) is 8.78 Å². The number of thiocarbonyl (C=S) groups is 1. The summed E-state index contributed by atoms with van der Waals surface area (Å²) in [4.78, 5) is 0. The number of benzene rings is 2. The van der Waals surface area contributed by atoms with Gasteiger partial charge in [-0.2, -0.15) is 0 Å². The third kappa shape index (κ3) is 4.48. The summed E-state index contributed by atoms with van der Waals surface area (Å²) in [7, 11) is 0. The molecule has 0 fully saturated rings. The van der Waals surface area contributed by atoms with Crippen molar-refractivity contribution in [3.8, 4) is 0 Å². The Bertz CT molecular complexity index is 716. The van der Waals surface area contributed by atoms with Gasteiger partial charge in [-0.05, 0) is 61.3 Å². The minimum absolute atomic E-state index is 0.0552. The number of anilines is 1. The summed E-state index contributed by atoms with van der Waals surface area (Å²) in [6.45, 7) is 6.21. The van der Waals surface area contributed by atoms with Crippen LogP contribution in [-0.4, -0.2) is 5.11 Å². The SMILES string of the molecule is CC[C@@H](NC(=S)Nc1ccc(F)c(F)c1)c1ccc(C)c(C)c1. The molecule has 5 heteroatoms. The molecule has 2 rings (SSSR count). The van der Waals surface area contributed by atoms with Crippen LogP contribution in [0.2, 0.25) is 0 Å². The fraction of sp³-hybridized carbons (Fsp3) is 0.278. The van der Waals surface area contributed by atoms with E-state index in [1.54, 1.807) is 0 Å². The number of hydrogen-bond acceptors (Lipinski definition) is 1. The zero-order valence-corrected chi connectivity index (χ0v) is 14.2. The number of nitrogens with one attached hydrogen (secondary N) is 2. The highest BCUT2D eigenvalue weighted by molar-refractivity contribution is 7.80. The Balaban J connectivity index is 2.07. The van der Waals surface area contributed by atoms with Crippen molar-refractivity contribution in [3.05, 3.63) is 64.7 Å². The minimum atomic E-state index is -0.904. The highest BCUT2D eigenvalue weighted by Crippen LogP contribution is 2.20. The summed E-state index contributed by atoms with van der Waals surface area (Å²) in [5.74, 6) is -1.78. The molecule has 2 nitrogen and oxygen atoms in total. The monoisotopic (exact) mass is 334 g/mol. The van der Waals surface area contributed by atoms with Crippen molar-refractivity contribution in [2.75, 3.05) is 5.32 Å². The normalized spacial score (nSPS) is 11.9. The summed E-state index contributed by atoms with van der Waals surface area (Å²) >= 11 is 5.27. The molecule has 0 aliphatic heterocycles.